The molecule has 0 aliphatic heterocycles. The number of hydrogen-bond acceptors (Lipinski definition) is 5. The smallest absolute Gasteiger partial charge is 0.244 e. The van der Waals surface area contributed by atoms with Crippen LogP contribution in [-0.4, -0.2) is 47.1 Å². The second kappa shape index (κ2) is 6.23. The number of anilines is 1. The van der Waals surface area contributed by atoms with E-state index in [4.69, 9.17) is 10.5 Å². The summed E-state index contributed by atoms with van der Waals surface area (Å²) in [5, 5.41) is 0. The molecule has 1 atom stereocenters. The summed E-state index contributed by atoms with van der Waals surface area (Å²) >= 11 is 0. The zero-order valence-corrected chi connectivity index (χ0v) is 12.5. The van der Waals surface area contributed by atoms with E-state index >= 15 is 0 Å². The summed E-state index contributed by atoms with van der Waals surface area (Å²) in [5.41, 5.74) is 6.01. The molecule has 0 saturated carbocycles. The maximum atomic E-state index is 12.3. The summed E-state index contributed by atoms with van der Waals surface area (Å²) < 4.78 is 32.2. The first kappa shape index (κ1) is 15.7. The predicted octanol–water partition coefficient (Wildman–Crippen LogP) is 0.506. The van der Waals surface area contributed by atoms with E-state index in [1.165, 1.54) is 13.2 Å². The average Bonchev–Trinajstić information content (AvgIpc) is 2.26. The van der Waals surface area contributed by atoms with Crippen molar-refractivity contribution in [3.8, 4) is 5.75 Å². The van der Waals surface area contributed by atoms with Gasteiger partial charge in [0.05, 0.1) is 7.11 Å². The Hall–Kier alpha value is -1.31. The summed E-state index contributed by atoms with van der Waals surface area (Å²) in [6.07, 6.45) is 0. The van der Waals surface area contributed by atoms with Crippen LogP contribution in [0.4, 0.5) is 5.69 Å². The van der Waals surface area contributed by atoms with Gasteiger partial charge in [-0.3, -0.25) is 0 Å². The molecule has 0 heterocycles. The van der Waals surface area contributed by atoms with Gasteiger partial charge < -0.3 is 15.4 Å². The number of sulfonamides is 1. The third-order valence-electron chi connectivity index (χ3n) is 2.47. The van der Waals surface area contributed by atoms with Crippen molar-refractivity contribution in [2.45, 2.75) is 17.9 Å². The highest BCUT2D eigenvalue weighted by Gasteiger charge is 2.22. The summed E-state index contributed by atoms with van der Waals surface area (Å²) in [5.74, 6) is 0.277. The zero-order chi connectivity index (χ0) is 14.6. The second-order valence-corrected chi connectivity index (χ2v) is 6.38. The number of nitrogens with one attached hydrogen (secondary N) is 1. The lowest BCUT2D eigenvalue weighted by atomic mass is 10.3. The molecule has 0 aliphatic carbocycles. The van der Waals surface area contributed by atoms with Gasteiger partial charge >= 0.3 is 0 Å². The molecule has 0 aromatic heterocycles. The molecule has 0 aliphatic rings. The number of methoxy groups -OCH3 is 1. The van der Waals surface area contributed by atoms with Gasteiger partial charge in [0, 0.05) is 18.3 Å². The molecule has 7 heteroatoms. The van der Waals surface area contributed by atoms with Gasteiger partial charge in [0.1, 0.15) is 10.6 Å². The number of likely N-dealkylation sites (N-methyl/N-ethyl adjacent to an activating group) is 1. The number of nitrogens with zero attached hydrogens (tertiary/aromatic N) is 1. The summed E-state index contributed by atoms with van der Waals surface area (Å²) in [6.45, 7) is 2.40. The summed E-state index contributed by atoms with van der Waals surface area (Å²) in [7, 11) is 1.53. The number of benzene rings is 1. The molecule has 19 heavy (non-hydrogen) atoms. The Labute approximate surface area is 114 Å². The van der Waals surface area contributed by atoms with E-state index in [0.29, 0.717) is 12.2 Å². The van der Waals surface area contributed by atoms with Crippen molar-refractivity contribution in [1.82, 2.24) is 9.62 Å². The molecule has 6 nitrogen and oxygen atoms in total. The van der Waals surface area contributed by atoms with E-state index in [2.05, 4.69) is 4.72 Å². The minimum atomic E-state index is -3.65. The Balaban J connectivity index is 3.03. The molecule has 0 fully saturated rings. The molecule has 0 radical (unpaired) electrons. The van der Waals surface area contributed by atoms with Gasteiger partial charge in [0.2, 0.25) is 10.0 Å². The number of rotatable bonds is 6. The number of ether oxygens (including phenoxy) is 1. The third-order valence-corrected chi connectivity index (χ3v) is 4.08. The van der Waals surface area contributed by atoms with Gasteiger partial charge in [0.15, 0.2) is 0 Å². The van der Waals surface area contributed by atoms with Crippen LogP contribution in [-0.2, 0) is 10.0 Å². The molecule has 0 amide bonds. The van der Waals surface area contributed by atoms with Crippen LogP contribution >= 0.6 is 0 Å². The monoisotopic (exact) mass is 287 g/mol. The maximum absolute atomic E-state index is 12.3. The van der Waals surface area contributed by atoms with Crippen LogP contribution in [0.5, 0.6) is 5.75 Å². The van der Waals surface area contributed by atoms with Crippen LogP contribution in [0.15, 0.2) is 23.1 Å². The van der Waals surface area contributed by atoms with Crippen molar-refractivity contribution in [2.24, 2.45) is 0 Å². The minimum Gasteiger partial charge on any atom is -0.495 e. The first-order valence-corrected chi connectivity index (χ1v) is 7.35. The van der Waals surface area contributed by atoms with Crippen molar-refractivity contribution < 1.29 is 13.2 Å². The molecule has 1 unspecified atom stereocenters. The van der Waals surface area contributed by atoms with Gasteiger partial charge in [-0.25, -0.2) is 13.1 Å². The molecule has 0 spiro atoms. The van der Waals surface area contributed by atoms with Crippen LogP contribution < -0.4 is 15.2 Å². The SMILES string of the molecule is COc1ccc(N)cc1S(=O)(=O)NC(C)CN(C)C. The van der Waals surface area contributed by atoms with Gasteiger partial charge in [0.25, 0.3) is 0 Å². The van der Waals surface area contributed by atoms with E-state index < -0.39 is 10.0 Å². The van der Waals surface area contributed by atoms with Crippen molar-refractivity contribution in [3.63, 3.8) is 0 Å². The zero-order valence-electron chi connectivity index (χ0n) is 11.7. The van der Waals surface area contributed by atoms with Gasteiger partial charge in [-0.2, -0.15) is 0 Å². The summed E-state index contributed by atoms with van der Waals surface area (Å²) in [4.78, 5) is 1.96. The largest absolute Gasteiger partial charge is 0.495 e. The molecular formula is C12H21N3O3S. The molecule has 1 aromatic rings. The second-order valence-electron chi connectivity index (χ2n) is 4.69. The fourth-order valence-electron chi connectivity index (χ4n) is 1.82. The minimum absolute atomic E-state index is 0.0561. The molecule has 108 valence electrons. The van der Waals surface area contributed by atoms with Crippen LogP contribution in [0.1, 0.15) is 6.92 Å². The molecular weight excluding hydrogens is 266 g/mol. The predicted molar refractivity (Wildman–Crippen MR) is 75.7 cm³/mol. The molecule has 0 bridgehead atoms. The van der Waals surface area contributed by atoms with Crippen molar-refractivity contribution >= 4 is 15.7 Å². The van der Waals surface area contributed by atoms with Gasteiger partial charge in [-0.15, -0.1) is 0 Å². The van der Waals surface area contributed by atoms with Gasteiger partial charge in [-0.05, 0) is 39.2 Å². The van der Waals surface area contributed by atoms with Crippen molar-refractivity contribution in [3.05, 3.63) is 18.2 Å². The fraction of sp³-hybridized carbons (Fsp3) is 0.500. The van der Waals surface area contributed by atoms with E-state index in [0.717, 1.165) is 0 Å². The van der Waals surface area contributed by atoms with Crippen LogP contribution in [0.2, 0.25) is 0 Å². The molecule has 3 N–H and O–H groups in total. The van der Waals surface area contributed by atoms with Crippen LogP contribution in [0.3, 0.4) is 0 Å². The Morgan fingerprint density at radius 2 is 2.05 bits per heavy atom. The van der Waals surface area contributed by atoms with Crippen molar-refractivity contribution in [1.29, 1.82) is 0 Å². The Kier molecular flexibility index (Phi) is 5.16. The van der Waals surface area contributed by atoms with Crippen molar-refractivity contribution in [2.75, 3.05) is 33.5 Å². The first-order valence-electron chi connectivity index (χ1n) is 5.87. The van der Waals surface area contributed by atoms with E-state index in [9.17, 15) is 8.42 Å². The lowest BCUT2D eigenvalue weighted by molar-refractivity contribution is 0.369. The molecule has 1 aromatic carbocycles. The lowest BCUT2D eigenvalue weighted by Crippen LogP contribution is -2.39. The first-order chi connectivity index (χ1) is 8.76. The number of nitrogen functional groups attached to an aromatic ring is 1. The standard InChI is InChI=1S/C12H21N3O3S/c1-9(8-15(2)3)14-19(16,17)12-7-10(13)5-6-11(12)18-4/h5-7,9,14H,8,13H2,1-4H3. The van der Waals surface area contributed by atoms with E-state index in [1.54, 1.807) is 19.1 Å². The molecule has 0 saturated heterocycles. The number of nitrogens with two attached hydrogens (primary N) is 1. The highest BCUT2D eigenvalue weighted by atomic mass is 32.2. The normalized spacial score (nSPS) is 13.5. The Bertz CT molecular complexity index is 529. The average molecular weight is 287 g/mol. The number of hydrogen-bond donors (Lipinski definition) is 2. The molecule has 1 rings (SSSR count). The Morgan fingerprint density at radius 3 is 2.58 bits per heavy atom. The van der Waals surface area contributed by atoms with Crippen LogP contribution in [0, 0.1) is 0 Å². The van der Waals surface area contributed by atoms with E-state index in [-0.39, 0.29) is 16.7 Å². The topological polar surface area (TPSA) is 84.7 Å². The van der Waals surface area contributed by atoms with E-state index in [1.807, 2.05) is 19.0 Å². The summed E-state index contributed by atoms with van der Waals surface area (Å²) in [6, 6.07) is 4.32. The maximum Gasteiger partial charge on any atom is 0.244 e. The third kappa shape index (κ3) is 4.38. The highest BCUT2D eigenvalue weighted by molar-refractivity contribution is 7.89. The van der Waals surface area contributed by atoms with Gasteiger partial charge in [-0.1, -0.05) is 0 Å². The van der Waals surface area contributed by atoms with Crippen LogP contribution in [0.25, 0.3) is 0 Å². The Morgan fingerprint density at radius 1 is 1.42 bits per heavy atom. The highest BCUT2D eigenvalue weighted by Crippen LogP contribution is 2.25. The quantitative estimate of drug-likeness (QED) is 0.745. The fourth-order valence-corrected chi connectivity index (χ4v) is 3.26. The lowest BCUT2D eigenvalue weighted by Gasteiger charge is -2.19.